The lowest BCUT2D eigenvalue weighted by Crippen LogP contribution is -2.30. The van der Waals surface area contributed by atoms with E-state index in [0.29, 0.717) is 0 Å². The number of carbonyl (C=O) groups excluding carboxylic acids is 2. The molecule has 0 aliphatic carbocycles. The summed E-state index contributed by atoms with van der Waals surface area (Å²) >= 11 is 0. The predicted octanol–water partition coefficient (Wildman–Crippen LogP) is 5.07. The first-order valence-electron chi connectivity index (χ1n) is 9.61. The van der Waals surface area contributed by atoms with Gasteiger partial charge in [-0.15, -0.1) is 0 Å². The molecule has 0 saturated carbocycles. The summed E-state index contributed by atoms with van der Waals surface area (Å²) in [5.74, 6) is -2.03. The van der Waals surface area contributed by atoms with E-state index in [2.05, 4.69) is 5.32 Å². The van der Waals surface area contributed by atoms with E-state index < -0.39 is 34.6 Å². The van der Waals surface area contributed by atoms with E-state index in [4.69, 9.17) is 13.9 Å². The van der Waals surface area contributed by atoms with Crippen molar-refractivity contribution in [1.82, 2.24) is 0 Å². The Morgan fingerprint density at radius 1 is 1.12 bits per heavy atom. The molecule has 12 heteroatoms. The van der Waals surface area contributed by atoms with Gasteiger partial charge >= 0.3 is 12.1 Å². The van der Waals surface area contributed by atoms with Crippen LogP contribution >= 0.6 is 0 Å². The smallest absolute Gasteiger partial charge is 0.416 e. The third kappa shape index (κ3) is 5.52. The Morgan fingerprint density at radius 3 is 2.50 bits per heavy atom. The van der Waals surface area contributed by atoms with Gasteiger partial charge in [0.05, 0.1) is 23.3 Å². The molecule has 3 aromatic rings. The lowest BCUT2D eigenvalue weighted by atomic mass is 10.1. The Morgan fingerprint density at radius 2 is 1.85 bits per heavy atom. The molecule has 2 aromatic carbocycles. The molecule has 34 heavy (non-hydrogen) atoms. The average Bonchev–Trinajstić information content (AvgIpc) is 3.29. The predicted molar refractivity (Wildman–Crippen MR) is 112 cm³/mol. The Kier molecular flexibility index (Phi) is 6.89. The molecule has 1 amide bonds. The van der Waals surface area contributed by atoms with Gasteiger partial charge in [-0.2, -0.15) is 13.2 Å². The summed E-state index contributed by atoms with van der Waals surface area (Å²) in [6, 6.07) is 10.4. The SMILES string of the molecule is COc1ccc([N+](=O)[O-])cc1NC(=O)C(C)OC(=O)c1ccc(-c2cccc(C(F)(F)F)c2)o1. The second-order valence-electron chi connectivity index (χ2n) is 6.92. The number of nitro benzene ring substituents is 1. The first kappa shape index (κ1) is 24.3. The molecule has 9 nitrogen and oxygen atoms in total. The van der Waals surface area contributed by atoms with Gasteiger partial charge in [0, 0.05) is 17.7 Å². The van der Waals surface area contributed by atoms with Gasteiger partial charge in [-0.25, -0.2) is 4.79 Å². The number of alkyl halides is 3. The van der Waals surface area contributed by atoms with E-state index >= 15 is 0 Å². The molecule has 1 atom stereocenters. The van der Waals surface area contributed by atoms with E-state index in [9.17, 15) is 32.9 Å². The second kappa shape index (κ2) is 9.65. The number of hydrogen-bond acceptors (Lipinski definition) is 7. The minimum absolute atomic E-state index is 0.00325. The fourth-order valence-corrected chi connectivity index (χ4v) is 2.87. The van der Waals surface area contributed by atoms with E-state index in [0.717, 1.165) is 18.2 Å². The number of benzene rings is 2. The van der Waals surface area contributed by atoms with Gasteiger partial charge in [0.2, 0.25) is 5.76 Å². The number of carbonyl (C=O) groups is 2. The Bertz CT molecular complexity index is 1240. The maximum atomic E-state index is 12.9. The van der Waals surface area contributed by atoms with Crippen LogP contribution in [0.5, 0.6) is 5.75 Å². The number of nitrogens with one attached hydrogen (secondary N) is 1. The number of non-ortho nitro benzene ring substituents is 1. The quantitative estimate of drug-likeness (QED) is 0.286. The van der Waals surface area contributed by atoms with E-state index in [1.54, 1.807) is 0 Å². The standard InChI is InChI=1S/C22H17F3N2O7/c1-12(20(28)26-16-11-15(27(30)31)6-7-18(16)32-2)33-21(29)19-9-8-17(34-19)13-4-3-5-14(10-13)22(23,24)25/h3-12H,1-2H3,(H,26,28). The number of rotatable bonds is 7. The number of nitrogens with zero attached hydrogens (tertiary/aromatic N) is 1. The highest BCUT2D eigenvalue weighted by Crippen LogP contribution is 2.33. The second-order valence-corrected chi connectivity index (χ2v) is 6.92. The van der Waals surface area contributed by atoms with Crippen LogP contribution in [-0.2, 0) is 15.7 Å². The van der Waals surface area contributed by atoms with Gasteiger partial charge in [0.1, 0.15) is 11.5 Å². The minimum Gasteiger partial charge on any atom is -0.495 e. The third-order valence-corrected chi connectivity index (χ3v) is 4.59. The molecular formula is C22H17F3N2O7. The highest BCUT2D eigenvalue weighted by atomic mass is 19.4. The van der Waals surface area contributed by atoms with Gasteiger partial charge in [-0.1, -0.05) is 12.1 Å². The van der Waals surface area contributed by atoms with Crippen LogP contribution in [0.1, 0.15) is 23.0 Å². The third-order valence-electron chi connectivity index (χ3n) is 4.59. The van der Waals surface area contributed by atoms with Crippen molar-refractivity contribution in [3.05, 3.63) is 76.0 Å². The van der Waals surface area contributed by atoms with Gasteiger partial charge in [0.15, 0.2) is 6.10 Å². The summed E-state index contributed by atoms with van der Waals surface area (Å²) < 4.78 is 54.2. The van der Waals surface area contributed by atoms with Crippen molar-refractivity contribution < 1.29 is 41.6 Å². The summed E-state index contributed by atoms with van der Waals surface area (Å²) in [6.07, 6.45) is -5.90. The van der Waals surface area contributed by atoms with Crippen LogP contribution in [0.15, 0.2) is 59.0 Å². The van der Waals surface area contributed by atoms with Crippen LogP contribution in [0.25, 0.3) is 11.3 Å². The molecule has 0 spiro atoms. The summed E-state index contributed by atoms with van der Waals surface area (Å²) in [5.41, 5.74) is -1.09. The maximum absolute atomic E-state index is 12.9. The first-order valence-corrected chi connectivity index (χ1v) is 9.61. The molecule has 0 aliphatic rings. The minimum atomic E-state index is -4.55. The number of nitro groups is 1. The van der Waals surface area contributed by atoms with Crippen molar-refractivity contribution in [2.75, 3.05) is 12.4 Å². The average molecular weight is 478 g/mol. The molecule has 178 valence electrons. The van der Waals surface area contributed by atoms with Crippen molar-refractivity contribution in [3.63, 3.8) is 0 Å². The summed E-state index contributed by atoms with van der Waals surface area (Å²) in [5, 5.41) is 13.3. The lowest BCUT2D eigenvalue weighted by molar-refractivity contribution is -0.384. The van der Waals surface area contributed by atoms with Crippen molar-refractivity contribution in [3.8, 4) is 17.1 Å². The molecule has 0 saturated heterocycles. The Hall–Kier alpha value is -4.35. The largest absolute Gasteiger partial charge is 0.495 e. The number of anilines is 1. The molecule has 1 N–H and O–H groups in total. The van der Waals surface area contributed by atoms with E-state index in [-0.39, 0.29) is 34.2 Å². The van der Waals surface area contributed by atoms with Crippen LogP contribution in [0.3, 0.4) is 0 Å². The van der Waals surface area contributed by atoms with Crippen molar-refractivity contribution in [2.45, 2.75) is 19.2 Å². The van der Waals surface area contributed by atoms with E-state index in [1.807, 2.05) is 0 Å². The van der Waals surface area contributed by atoms with Crippen LogP contribution in [0.2, 0.25) is 0 Å². The summed E-state index contributed by atoms with van der Waals surface area (Å²) in [7, 11) is 1.30. The number of methoxy groups -OCH3 is 1. The lowest BCUT2D eigenvalue weighted by Gasteiger charge is -2.14. The summed E-state index contributed by atoms with van der Waals surface area (Å²) in [4.78, 5) is 35.1. The van der Waals surface area contributed by atoms with Crippen molar-refractivity contribution in [1.29, 1.82) is 0 Å². The number of hydrogen-bond donors (Lipinski definition) is 1. The zero-order valence-electron chi connectivity index (χ0n) is 17.7. The zero-order valence-corrected chi connectivity index (χ0v) is 17.7. The molecule has 0 bridgehead atoms. The number of halogens is 3. The van der Waals surface area contributed by atoms with Gasteiger partial charge in [-0.3, -0.25) is 14.9 Å². The Balaban J connectivity index is 1.70. The number of esters is 1. The number of ether oxygens (including phenoxy) is 2. The molecule has 3 rings (SSSR count). The molecular weight excluding hydrogens is 461 g/mol. The Labute approximate surface area is 190 Å². The van der Waals surface area contributed by atoms with Crippen molar-refractivity contribution >= 4 is 23.3 Å². The van der Waals surface area contributed by atoms with Gasteiger partial charge < -0.3 is 19.2 Å². The number of furan rings is 1. The van der Waals surface area contributed by atoms with Crippen molar-refractivity contribution in [2.24, 2.45) is 0 Å². The van der Waals surface area contributed by atoms with Crippen LogP contribution in [0.4, 0.5) is 24.5 Å². The summed E-state index contributed by atoms with van der Waals surface area (Å²) in [6.45, 7) is 1.26. The van der Waals surface area contributed by atoms with Crippen LogP contribution in [0, 0.1) is 10.1 Å². The van der Waals surface area contributed by atoms with Crippen LogP contribution in [-0.4, -0.2) is 30.0 Å². The normalized spacial score (nSPS) is 12.0. The van der Waals surface area contributed by atoms with Crippen LogP contribution < -0.4 is 10.1 Å². The highest BCUT2D eigenvalue weighted by Gasteiger charge is 2.31. The molecule has 1 heterocycles. The molecule has 1 unspecified atom stereocenters. The highest BCUT2D eigenvalue weighted by molar-refractivity contribution is 5.98. The number of amides is 1. The maximum Gasteiger partial charge on any atom is 0.416 e. The van der Waals surface area contributed by atoms with Gasteiger partial charge in [0.25, 0.3) is 11.6 Å². The topological polar surface area (TPSA) is 121 Å². The fraction of sp³-hybridized carbons (Fsp3) is 0.182. The molecule has 0 fully saturated rings. The molecule has 1 aromatic heterocycles. The fourth-order valence-electron chi connectivity index (χ4n) is 2.87. The van der Waals surface area contributed by atoms with Gasteiger partial charge in [-0.05, 0) is 37.3 Å². The molecule has 0 aliphatic heterocycles. The first-order chi connectivity index (χ1) is 16.0. The molecule has 0 radical (unpaired) electrons. The zero-order chi connectivity index (χ0) is 25.0. The van der Waals surface area contributed by atoms with E-state index in [1.165, 1.54) is 50.4 Å². The monoisotopic (exact) mass is 478 g/mol.